The van der Waals surface area contributed by atoms with Crippen molar-refractivity contribution in [2.75, 3.05) is 11.4 Å². The molecule has 1 atom stereocenters. The van der Waals surface area contributed by atoms with E-state index in [0.29, 0.717) is 17.8 Å². The summed E-state index contributed by atoms with van der Waals surface area (Å²) in [5.41, 5.74) is 4.22. The van der Waals surface area contributed by atoms with Gasteiger partial charge in [0.25, 0.3) is 5.91 Å². The maximum atomic E-state index is 12.6. The van der Waals surface area contributed by atoms with Gasteiger partial charge in [-0.2, -0.15) is 0 Å². The number of hydrogen-bond acceptors (Lipinski definition) is 3. The Morgan fingerprint density at radius 3 is 2.61 bits per heavy atom. The highest BCUT2D eigenvalue weighted by Gasteiger charge is 2.34. The van der Waals surface area contributed by atoms with Crippen LogP contribution < -0.4 is 10.2 Å². The van der Waals surface area contributed by atoms with Crippen molar-refractivity contribution in [1.29, 1.82) is 0 Å². The van der Waals surface area contributed by atoms with Crippen LogP contribution in [-0.4, -0.2) is 24.4 Å². The van der Waals surface area contributed by atoms with Crippen molar-refractivity contribution < 1.29 is 9.59 Å². The Morgan fingerprint density at radius 1 is 1.17 bits per heavy atom. The fourth-order valence-electron chi connectivity index (χ4n) is 2.79. The van der Waals surface area contributed by atoms with E-state index in [4.69, 9.17) is 0 Å². The molecule has 1 aromatic carbocycles. The molecule has 1 unspecified atom stereocenters. The molecule has 5 heteroatoms. The van der Waals surface area contributed by atoms with Crippen molar-refractivity contribution in [2.24, 2.45) is 0 Å². The number of benzene rings is 1. The summed E-state index contributed by atoms with van der Waals surface area (Å²) < 4.78 is 0. The standard InChI is InChI=1S/C18H20N2O2S/c1-11-4-5-14(10-13(11)3)20-8-6-15(18(20)22)19-17(21)16-12(2)7-9-23-16/h4-5,7,9-10,15H,6,8H2,1-3H3,(H,19,21). The van der Waals surface area contributed by atoms with Crippen LogP contribution in [0.3, 0.4) is 0 Å². The largest absolute Gasteiger partial charge is 0.339 e. The van der Waals surface area contributed by atoms with Crippen LogP contribution >= 0.6 is 11.3 Å². The van der Waals surface area contributed by atoms with Crippen molar-refractivity contribution in [2.45, 2.75) is 33.2 Å². The van der Waals surface area contributed by atoms with Gasteiger partial charge < -0.3 is 10.2 Å². The predicted molar refractivity (Wildman–Crippen MR) is 93.2 cm³/mol. The summed E-state index contributed by atoms with van der Waals surface area (Å²) in [5.74, 6) is -0.186. The van der Waals surface area contributed by atoms with E-state index in [1.165, 1.54) is 16.9 Å². The lowest BCUT2D eigenvalue weighted by molar-refractivity contribution is -0.118. The lowest BCUT2D eigenvalue weighted by Crippen LogP contribution is -2.41. The van der Waals surface area contributed by atoms with Gasteiger partial charge in [-0.3, -0.25) is 9.59 Å². The van der Waals surface area contributed by atoms with Crippen LogP contribution in [0.5, 0.6) is 0 Å². The van der Waals surface area contributed by atoms with Crippen molar-refractivity contribution in [1.82, 2.24) is 5.32 Å². The van der Waals surface area contributed by atoms with Gasteiger partial charge in [0.15, 0.2) is 0 Å². The van der Waals surface area contributed by atoms with Gasteiger partial charge in [0, 0.05) is 12.2 Å². The van der Waals surface area contributed by atoms with Crippen LogP contribution in [0, 0.1) is 20.8 Å². The van der Waals surface area contributed by atoms with E-state index in [2.05, 4.69) is 12.2 Å². The first-order valence-electron chi connectivity index (χ1n) is 7.71. The van der Waals surface area contributed by atoms with Gasteiger partial charge in [-0.15, -0.1) is 11.3 Å². The van der Waals surface area contributed by atoms with Crippen LogP contribution in [-0.2, 0) is 4.79 Å². The minimum Gasteiger partial charge on any atom is -0.339 e. The van der Waals surface area contributed by atoms with Crippen LogP contribution in [0.2, 0.25) is 0 Å². The highest BCUT2D eigenvalue weighted by Crippen LogP contribution is 2.24. The fourth-order valence-corrected chi connectivity index (χ4v) is 3.62. The number of thiophene rings is 1. The first-order valence-corrected chi connectivity index (χ1v) is 8.59. The molecule has 0 aliphatic carbocycles. The quantitative estimate of drug-likeness (QED) is 0.940. The summed E-state index contributed by atoms with van der Waals surface area (Å²) in [4.78, 5) is 27.4. The fraction of sp³-hybridized carbons (Fsp3) is 0.333. The molecule has 23 heavy (non-hydrogen) atoms. The Morgan fingerprint density at radius 2 is 1.96 bits per heavy atom. The number of rotatable bonds is 3. The Bertz CT molecular complexity index is 766. The molecule has 1 aliphatic heterocycles. The number of nitrogens with zero attached hydrogens (tertiary/aromatic N) is 1. The molecule has 1 aromatic heterocycles. The maximum Gasteiger partial charge on any atom is 0.262 e. The van der Waals surface area contributed by atoms with Crippen LogP contribution in [0.4, 0.5) is 5.69 Å². The van der Waals surface area contributed by atoms with E-state index in [1.54, 1.807) is 4.90 Å². The van der Waals surface area contributed by atoms with Gasteiger partial charge in [-0.05, 0) is 67.5 Å². The number of carbonyl (C=O) groups excluding carboxylic acids is 2. The predicted octanol–water partition coefficient (Wildman–Crippen LogP) is 3.21. The molecule has 3 rings (SSSR count). The highest BCUT2D eigenvalue weighted by molar-refractivity contribution is 7.12. The molecule has 2 heterocycles. The molecule has 4 nitrogen and oxygen atoms in total. The normalized spacial score (nSPS) is 17.6. The molecule has 120 valence electrons. The summed E-state index contributed by atoms with van der Waals surface area (Å²) in [5, 5.41) is 4.77. The molecular weight excluding hydrogens is 308 g/mol. The zero-order chi connectivity index (χ0) is 16.6. The monoisotopic (exact) mass is 328 g/mol. The summed E-state index contributed by atoms with van der Waals surface area (Å²) in [6.07, 6.45) is 0.641. The van der Waals surface area contributed by atoms with Crippen molar-refractivity contribution in [3.8, 4) is 0 Å². The van der Waals surface area contributed by atoms with Crippen molar-refractivity contribution >= 4 is 28.8 Å². The number of hydrogen-bond donors (Lipinski definition) is 1. The second-order valence-corrected chi connectivity index (χ2v) is 6.92. The van der Waals surface area contributed by atoms with Crippen molar-refractivity contribution in [3.05, 3.63) is 51.2 Å². The summed E-state index contributed by atoms with van der Waals surface area (Å²) >= 11 is 1.41. The number of carbonyl (C=O) groups is 2. The molecule has 0 spiro atoms. The van der Waals surface area contributed by atoms with Crippen LogP contribution in [0.25, 0.3) is 0 Å². The molecule has 0 bridgehead atoms. The third-order valence-corrected chi connectivity index (χ3v) is 5.40. The smallest absolute Gasteiger partial charge is 0.262 e. The number of amides is 2. The van der Waals surface area contributed by atoms with Gasteiger partial charge in [-0.1, -0.05) is 6.07 Å². The Kier molecular flexibility index (Phi) is 4.22. The molecule has 0 radical (unpaired) electrons. The first kappa shape index (κ1) is 15.7. The Balaban J connectivity index is 1.73. The van der Waals surface area contributed by atoms with Gasteiger partial charge in [0.05, 0.1) is 4.88 Å². The minimum absolute atomic E-state index is 0.0317. The average molecular weight is 328 g/mol. The number of aryl methyl sites for hydroxylation is 3. The molecule has 1 aliphatic rings. The maximum absolute atomic E-state index is 12.6. The molecule has 2 aromatic rings. The van der Waals surface area contributed by atoms with E-state index in [-0.39, 0.29) is 11.8 Å². The zero-order valence-electron chi connectivity index (χ0n) is 13.6. The van der Waals surface area contributed by atoms with E-state index in [0.717, 1.165) is 16.8 Å². The number of nitrogens with one attached hydrogen (secondary N) is 1. The third-order valence-electron chi connectivity index (χ3n) is 4.38. The third kappa shape index (κ3) is 3.01. The Labute approximate surface area is 140 Å². The molecule has 1 saturated heterocycles. The average Bonchev–Trinajstić information content (AvgIpc) is 3.09. The van der Waals surface area contributed by atoms with Crippen molar-refractivity contribution in [3.63, 3.8) is 0 Å². The molecule has 1 N–H and O–H groups in total. The Hall–Kier alpha value is -2.14. The van der Waals surface area contributed by atoms with E-state index in [1.807, 2.05) is 43.5 Å². The first-order chi connectivity index (χ1) is 11.0. The molecule has 1 fully saturated rings. The molecule has 2 amide bonds. The molecule has 0 saturated carbocycles. The summed E-state index contributed by atoms with van der Waals surface area (Å²) in [7, 11) is 0. The van der Waals surface area contributed by atoms with E-state index in [9.17, 15) is 9.59 Å². The van der Waals surface area contributed by atoms with Gasteiger partial charge in [0.1, 0.15) is 6.04 Å². The SMILES string of the molecule is Cc1ccc(N2CCC(NC(=O)c3sccc3C)C2=O)cc1C. The lowest BCUT2D eigenvalue weighted by atomic mass is 10.1. The lowest BCUT2D eigenvalue weighted by Gasteiger charge is -2.18. The minimum atomic E-state index is -0.439. The van der Waals surface area contributed by atoms with Crippen LogP contribution in [0.15, 0.2) is 29.6 Å². The van der Waals surface area contributed by atoms with Gasteiger partial charge in [-0.25, -0.2) is 0 Å². The van der Waals surface area contributed by atoms with Gasteiger partial charge >= 0.3 is 0 Å². The van der Waals surface area contributed by atoms with E-state index < -0.39 is 6.04 Å². The topological polar surface area (TPSA) is 49.4 Å². The van der Waals surface area contributed by atoms with Crippen LogP contribution in [0.1, 0.15) is 32.8 Å². The van der Waals surface area contributed by atoms with E-state index >= 15 is 0 Å². The highest BCUT2D eigenvalue weighted by atomic mass is 32.1. The zero-order valence-corrected chi connectivity index (χ0v) is 14.4. The summed E-state index contributed by atoms with van der Waals surface area (Å²) in [6.45, 7) is 6.63. The second kappa shape index (κ2) is 6.16. The second-order valence-electron chi connectivity index (χ2n) is 6.01. The van der Waals surface area contributed by atoms with Gasteiger partial charge in [0.2, 0.25) is 5.91 Å². The molecular formula is C18H20N2O2S. The number of anilines is 1. The summed E-state index contributed by atoms with van der Waals surface area (Å²) in [6, 6.07) is 7.50.